The summed E-state index contributed by atoms with van der Waals surface area (Å²) in [6.45, 7) is 0. The smallest absolute Gasteiger partial charge is 0.115 e. The number of rotatable bonds is 0. The summed E-state index contributed by atoms with van der Waals surface area (Å²) in [6.07, 6.45) is -0.171. The normalized spacial score (nSPS) is 24.4. The molecular weight excluding hydrogens is 108 g/mol. The molecule has 1 nitrogen and oxygen atoms in total. The first kappa shape index (κ1) is 3.64. The van der Waals surface area contributed by atoms with Crippen molar-refractivity contribution in [3.8, 4) is 0 Å². The van der Waals surface area contributed by atoms with Gasteiger partial charge >= 0.3 is 0 Å². The third kappa shape index (κ3) is 0.309. The first-order valence-corrected chi connectivity index (χ1v) is 3.03. The SMILES string of the molecule is OC1c2ccsc21. The predicted octanol–water partition coefficient (Wildman–Crippen LogP) is 1.14. The van der Waals surface area contributed by atoms with E-state index in [2.05, 4.69) is 0 Å². The van der Waals surface area contributed by atoms with E-state index < -0.39 is 0 Å². The largest absolute Gasteiger partial charge is 0.383 e. The van der Waals surface area contributed by atoms with Gasteiger partial charge in [-0.25, -0.2) is 0 Å². The third-order valence-corrected chi connectivity index (χ3v) is 2.17. The summed E-state index contributed by atoms with van der Waals surface area (Å²) in [7, 11) is 0. The van der Waals surface area contributed by atoms with Crippen molar-refractivity contribution in [3.05, 3.63) is 21.9 Å². The lowest BCUT2D eigenvalue weighted by molar-refractivity contribution is 0.268. The fraction of sp³-hybridized carbons (Fsp3) is 0.200. The molecule has 0 fully saturated rings. The minimum Gasteiger partial charge on any atom is -0.383 e. The molecule has 0 bridgehead atoms. The van der Waals surface area contributed by atoms with Gasteiger partial charge in [0, 0.05) is 10.4 Å². The maximum Gasteiger partial charge on any atom is 0.115 e. The quantitative estimate of drug-likeness (QED) is 0.533. The molecule has 1 heterocycles. The van der Waals surface area contributed by atoms with Crippen molar-refractivity contribution in [1.29, 1.82) is 0 Å². The first-order valence-electron chi connectivity index (χ1n) is 2.15. The van der Waals surface area contributed by atoms with Gasteiger partial charge in [-0.3, -0.25) is 0 Å². The molecule has 0 saturated heterocycles. The van der Waals surface area contributed by atoms with Crippen LogP contribution in [0, 0.1) is 0 Å². The minimum atomic E-state index is -0.171. The zero-order valence-electron chi connectivity index (χ0n) is 3.59. The van der Waals surface area contributed by atoms with E-state index >= 15 is 0 Å². The van der Waals surface area contributed by atoms with E-state index in [9.17, 15) is 0 Å². The van der Waals surface area contributed by atoms with E-state index in [4.69, 9.17) is 5.11 Å². The van der Waals surface area contributed by atoms with Crippen LogP contribution in [0.3, 0.4) is 0 Å². The van der Waals surface area contributed by atoms with Crippen molar-refractivity contribution in [2.75, 3.05) is 0 Å². The number of aliphatic hydroxyl groups excluding tert-OH is 1. The van der Waals surface area contributed by atoms with E-state index in [-0.39, 0.29) is 6.10 Å². The number of aliphatic hydroxyl groups is 1. The van der Waals surface area contributed by atoms with Gasteiger partial charge in [0.2, 0.25) is 0 Å². The monoisotopic (exact) mass is 112 g/mol. The Labute approximate surface area is 45.2 Å². The second kappa shape index (κ2) is 0.904. The highest BCUT2D eigenvalue weighted by Crippen LogP contribution is 2.44. The maximum atomic E-state index is 8.80. The summed E-state index contributed by atoms with van der Waals surface area (Å²) in [5.41, 5.74) is 1.13. The second-order valence-corrected chi connectivity index (χ2v) is 2.59. The van der Waals surface area contributed by atoms with Gasteiger partial charge in [0.15, 0.2) is 0 Å². The average Bonchev–Trinajstić information content (AvgIpc) is 2.26. The van der Waals surface area contributed by atoms with Crippen molar-refractivity contribution in [3.63, 3.8) is 0 Å². The van der Waals surface area contributed by atoms with Crippen molar-refractivity contribution in [1.82, 2.24) is 0 Å². The molecule has 1 aromatic heterocycles. The van der Waals surface area contributed by atoms with Gasteiger partial charge in [-0.15, -0.1) is 11.3 Å². The van der Waals surface area contributed by atoms with Crippen molar-refractivity contribution in [2.24, 2.45) is 0 Å². The highest BCUT2D eigenvalue weighted by molar-refractivity contribution is 7.11. The molecule has 0 aliphatic heterocycles. The Balaban J connectivity index is 2.60. The lowest BCUT2D eigenvalue weighted by atomic mass is 10.6. The molecule has 1 aliphatic carbocycles. The Morgan fingerprint density at radius 2 is 2.57 bits per heavy atom. The lowest BCUT2D eigenvalue weighted by Gasteiger charge is -1.73. The summed E-state index contributed by atoms with van der Waals surface area (Å²) in [5, 5.41) is 10.8. The number of thiophene rings is 1. The van der Waals surface area contributed by atoms with Crippen LogP contribution in [0.4, 0.5) is 0 Å². The summed E-state index contributed by atoms with van der Waals surface area (Å²) in [6, 6.07) is 1.96. The fourth-order valence-electron chi connectivity index (χ4n) is 0.692. The molecule has 1 aliphatic rings. The molecule has 1 aromatic rings. The zero-order chi connectivity index (χ0) is 4.85. The Bertz CT molecular complexity index is 173. The molecule has 0 radical (unpaired) electrons. The first-order chi connectivity index (χ1) is 3.39. The number of hydrogen-bond acceptors (Lipinski definition) is 2. The van der Waals surface area contributed by atoms with Gasteiger partial charge in [-0.2, -0.15) is 0 Å². The number of hydrogen-bond donors (Lipinski definition) is 1. The molecule has 2 rings (SSSR count). The topological polar surface area (TPSA) is 20.2 Å². The van der Waals surface area contributed by atoms with Crippen LogP contribution < -0.4 is 0 Å². The fourth-order valence-corrected chi connectivity index (χ4v) is 1.57. The van der Waals surface area contributed by atoms with E-state index in [1.54, 1.807) is 11.3 Å². The molecule has 2 heteroatoms. The average molecular weight is 112 g/mol. The Morgan fingerprint density at radius 3 is 2.86 bits per heavy atom. The second-order valence-electron chi connectivity index (χ2n) is 1.64. The highest BCUT2D eigenvalue weighted by Gasteiger charge is 2.31. The van der Waals surface area contributed by atoms with Gasteiger partial charge in [-0.05, 0) is 11.4 Å². The van der Waals surface area contributed by atoms with Crippen LogP contribution in [0.2, 0.25) is 0 Å². The molecule has 0 saturated carbocycles. The van der Waals surface area contributed by atoms with Crippen molar-refractivity contribution < 1.29 is 5.11 Å². The summed E-state index contributed by atoms with van der Waals surface area (Å²) < 4.78 is 0. The maximum absolute atomic E-state index is 8.80. The molecular formula is C5H4OS. The van der Waals surface area contributed by atoms with Crippen LogP contribution in [0.15, 0.2) is 11.4 Å². The van der Waals surface area contributed by atoms with Crippen molar-refractivity contribution in [2.45, 2.75) is 6.10 Å². The van der Waals surface area contributed by atoms with Crippen LogP contribution in [-0.2, 0) is 0 Å². The standard InChI is InChI=1S/C5H4OS/c6-4-3-1-2-7-5(3)4/h1-2,4,6H. The molecule has 0 amide bonds. The van der Waals surface area contributed by atoms with E-state index in [0.717, 1.165) is 10.4 Å². The van der Waals surface area contributed by atoms with Gasteiger partial charge < -0.3 is 5.11 Å². The van der Waals surface area contributed by atoms with Crippen LogP contribution in [0.5, 0.6) is 0 Å². The van der Waals surface area contributed by atoms with Crippen LogP contribution in [0.1, 0.15) is 16.5 Å². The van der Waals surface area contributed by atoms with E-state index in [1.807, 2.05) is 11.4 Å². The predicted molar refractivity (Wildman–Crippen MR) is 28.4 cm³/mol. The molecule has 36 valence electrons. The van der Waals surface area contributed by atoms with Gasteiger partial charge in [0.05, 0.1) is 0 Å². The molecule has 1 N–H and O–H groups in total. The molecule has 1 atom stereocenters. The Hall–Kier alpha value is -0.340. The molecule has 1 unspecified atom stereocenters. The third-order valence-electron chi connectivity index (χ3n) is 1.19. The Morgan fingerprint density at radius 1 is 1.71 bits per heavy atom. The van der Waals surface area contributed by atoms with Gasteiger partial charge in [0.25, 0.3) is 0 Å². The van der Waals surface area contributed by atoms with Crippen LogP contribution in [-0.4, -0.2) is 5.11 Å². The minimum absolute atomic E-state index is 0.171. The summed E-state index contributed by atoms with van der Waals surface area (Å²) in [5.74, 6) is 0. The summed E-state index contributed by atoms with van der Waals surface area (Å²) >= 11 is 1.63. The highest BCUT2D eigenvalue weighted by atomic mass is 32.1. The zero-order valence-corrected chi connectivity index (χ0v) is 4.40. The molecule has 7 heavy (non-hydrogen) atoms. The van der Waals surface area contributed by atoms with Crippen LogP contribution >= 0.6 is 11.3 Å². The van der Waals surface area contributed by atoms with Gasteiger partial charge in [-0.1, -0.05) is 0 Å². The van der Waals surface area contributed by atoms with E-state index in [0.29, 0.717) is 0 Å². The van der Waals surface area contributed by atoms with Crippen molar-refractivity contribution >= 4 is 11.3 Å². The van der Waals surface area contributed by atoms with Gasteiger partial charge in [0.1, 0.15) is 6.10 Å². The Kier molecular flexibility index (Phi) is 0.470. The number of fused-ring (bicyclic) bond motifs is 1. The van der Waals surface area contributed by atoms with Crippen LogP contribution in [0.25, 0.3) is 0 Å². The molecule has 0 spiro atoms. The summed E-state index contributed by atoms with van der Waals surface area (Å²) in [4.78, 5) is 1.15. The van der Waals surface area contributed by atoms with E-state index in [1.165, 1.54) is 0 Å². The lowest BCUT2D eigenvalue weighted by Crippen LogP contribution is -1.62. The molecule has 0 aromatic carbocycles.